The Morgan fingerprint density at radius 1 is 0.941 bits per heavy atom. The van der Waals surface area contributed by atoms with Gasteiger partial charge in [0.15, 0.2) is 0 Å². The van der Waals surface area contributed by atoms with Gasteiger partial charge in [-0.15, -0.1) is 6.42 Å². The van der Waals surface area contributed by atoms with Crippen LogP contribution >= 0.6 is 11.6 Å². The van der Waals surface area contributed by atoms with E-state index in [1.165, 1.54) is 0 Å². The summed E-state index contributed by atoms with van der Waals surface area (Å²) in [5.41, 5.74) is 6.65. The second-order valence-corrected chi connectivity index (χ2v) is 8.78. The van der Waals surface area contributed by atoms with Crippen LogP contribution in [-0.2, 0) is 20.5 Å². The van der Waals surface area contributed by atoms with Gasteiger partial charge in [-0.2, -0.15) is 0 Å². The van der Waals surface area contributed by atoms with Crippen molar-refractivity contribution >= 4 is 22.5 Å². The average molecular weight is 464 g/mol. The van der Waals surface area contributed by atoms with Gasteiger partial charge in [0.05, 0.1) is 5.52 Å². The van der Waals surface area contributed by atoms with Crippen LogP contribution in [0.25, 0.3) is 33.4 Å². The van der Waals surface area contributed by atoms with Crippen molar-refractivity contribution in [2.24, 2.45) is 14.1 Å². The number of imidazole rings is 1. The molecular weight excluding hydrogens is 442 g/mol. The van der Waals surface area contributed by atoms with E-state index in [4.69, 9.17) is 18.0 Å². The third kappa shape index (κ3) is 3.91. The minimum atomic E-state index is -0.0550. The van der Waals surface area contributed by atoms with Crippen LogP contribution in [0.2, 0.25) is 5.02 Å². The van der Waals surface area contributed by atoms with Crippen molar-refractivity contribution in [2.75, 3.05) is 0 Å². The smallest absolute Gasteiger partial charge is 0.251 e. The van der Waals surface area contributed by atoms with E-state index in [2.05, 4.69) is 27.6 Å². The number of nitrogens with zero attached hydrogens (tertiary/aromatic N) is 3. The molecule has 5 rings (SSSR count). The van der Waals surface area contributed by atoms with Crippen LogP contribution in [0, 0.1) is 12.3 Å². The molecule has 0 bridgehead atoms. The number of aryl methyl sites for hydroxylation is 1. The first-order chi connectivity index (χ1) is 16.4. The van der Waals surface area contributed by atoms with Gasteiger partial charge < -0.3 is 9.13 Å². The Bertz CT molecular complexity index is 1640. The van der Waals surface area contributed by atoms with E-state index in [9.17, 15) is 4.79 Å². The molecule has 5 heteroatoms. The van der Waals surface area contributed by atoms with E-state index in [1.807, 2.05) is 67.8 Å². The summed E-state index contributed by atoms with van der Waals surface area (Å²) in [6, 6.07) is 23.3. The average Bonchev–Trinajstić information content (AvgIpc) is 3.21. The zero-order chi connectivity index (χ0) is 23.8. The molecule has 0 aliphatic heterocycles. The maximum atomic E-state index is 12.7. The maximum Gasteiger partial charge on any atom is 0.251 e. The molecule has 0 unspecified atom stereocenters. The molecule has 0 fully saturated rings. The molecule has 0 radical (unpaired) electrons. The summed E-state index contributed by atoms with van der Waals surface area (Å²) in [4.78, 5) is 17.3. The minimum Gasteiger partial charge on any atom is -0.331 e. The van der Waals surface area contributed by atoms with E-state index in [1.54, 1.807) is 17.7 Å². The Balaban J connectivity index is 1.58. The fourth-order valence-electron chi connectivity index (χ4n) is 4.32. The summed E-state index contributed by atoms with van der Waals surface area (Å²) in [6.45, 7) is 0. The number of hydrogen-bond donors (Lipinski definition) is 0. The highest BCUT2D eigenvalue weighted by Crippen LogP contribution is 2.29. The molecule has 0 atom stereocenters. The number of pyridine rings is 1. The highest BCUT2D eigenvalue weighted by Gasteiger charge is 2.13. The molecule has 166 valence electrons. The van der Waals surface area contributed by atoms with E-state index >= 15 is 0 Å². The Morgan fingerprint density at radius 2 is 1.74 bits per heavy atom. The number of hydrogen-bond acceptors (Lipinski definition) is 2. The normalized spacial score (nSPS) is 11.0. The van der Waals surface area contributed by atoms with Gasteiger partial charge in [0.1, 0.15) is 5.82 Å². The van der Waals surface area contributed by atoms with Crippen molar-refractivity contribution < 1.29 is 0 Å². The molecule has 0 amide bonds. The van der Waals surface area contributed by atoms with Crippen molar-refractivity contribution in [3.63, 3.8) is 0 Å². The van der Waals surface area contributed by atoms with Crippen molar-refractivity contribution in [3.8, 4) is 34.9 Å². The fourth-order valence-corrected chi connectivity index (χ4v) is 4.44. The fraction of sp³-hybridized carbons (Fsp3) is 0.103. The van der Waals surface area contributed by atoms with Crippen molar-refractivity contribution in [3.05, 3.63) is 111 Å². The van der Waals surface area contributed by atoms with Gasteiger partial charge in [-0.3, -0.25) is 4.79 Å². The number of halogens is 1. The van der Waals surface area contributed by atoms with Crippen molar-refractivity contribution in [1.29, 1.82) is 0 Å². The maximum absolute atomic E-state index is 12.7. The molecule has 0 spiro atoms. The molecule has 0 N–H and O–H groups in total. The lowest BCUT2D eigenvalue weighted by Crippen LogP contribution is -2.16. The van der Waals surface area contributed by atoms with Crippen LogP contribution in [-0.4, -0.2) is 14.1 Å². The standard InChI is InChI=1S/C29H22ClN3O/c1-4-19-6-5-7-22(14-19)25-17-28(34)33(3)27-13-8-20(16-26(25)27)15-24-18-31-29(32(24)2)21-9-11-23(30)12-10-21/h1,5-14,16-18H,15H2,2-3H3. The Hall–Kier alpha value is -4.07. The zero-order valence-electron chi connectivity index (χ0n) is 18.9. The predicted octanol–water partition coefficient (Wildman–Crippen LogP) is 5.83. The van der Waals surface area contributed by atoms with E-state index in [0.29, 0.717) is 11.4 Å². The first kappa shape index (κ1) is 21.8. The molecule has 0 saturated heterocycles. The first-order valence-electron chi connectivity index (χ1n) is 10.9. The van der Waals surface area contributed by atoms with Crippen LogP contribution in [0.3, 0.4) is 0 Å². The third-order valence-corrected chi connectivity index (χ3v) is 6.48. The first-order valence-corrected chi connectivity index (χ1v) is 11.3. The summed E-state index contributed by atoms with van der Waals surface area (Å²) in [5, 5.41) is 1.71. The largest absolute Gasteiger partial charge is 0.331 e. The van der Waals surface area contributed by atoms with Crippen LogP contribution in [0.1, 0.15) is 16.8 Å². The summed E-state index contributed by atoms with van der Waals surface area (Å²) in [5.74, 6) is 3.57. The molecular formula is C29H22ClN3O. The van der Waals surface area contributed by atoms with E-state index in [0.717, 1.165) is 50.2 Å². The van der Waals surface area contributed by atoms with Gasteiger partial charge in [0.25, 0.3) is 5.56 Å². The second-order valence-electron chi connectivity index (χ2n) is 8.35. The molecule has 5 aromatic rings. The van der Waals surface area contributed by atoms with Crippen molar-refractivity contribution in [2.45, 2.75) is 6.42 Å². The van der Waals surface area contributed by atoms with Crippen LogP contribution in [0.4, 0.5) is 0 Å². The molecule has 3 aromatic carbocycles. The van der Waals surface area contributed by atoms with Crippen LogP contribution < -0.4 is 5.56 Å². The number of terminal acetylenes is 1. The van der Waals surface area contributed by atoms with Crippen molar-refractivity contribution in [1.82, 2.24) is 14.1 Å². The Labute approximate surface area is 203 Å². The lowest BCUT2D eigenvalue weighted by molar-refractivity contribution is 0.854. The minimum absolute atomic E-state index is 0.0550. The number of benzene rings is 3. The summed E-state index contributed by atoms with van der Waals surface area (Å²) >= 11 is 6.04. The second kappa shape index (κ2) is 8.70. The lowest BCUT2D eigenvalue weighted by atomic mass is 9.97. The van der Waals surface area contributed by atoms with E-state index < -0.39 is 0 Å². The van der Waals surface area contributed by atoms with Gasteiger partial charge >= 0.3 is 0 Å². The van der Waals surface area contributed by atoms with Crippen LogP contribution in [0.5, 0.6) is 0 Å². The van der Waals surface area contributed by atoms with Gasteiger partial charge in [0, 0.05) is 60.0 Å². The number of fused-ring (bicyclic) bond motifs is 1. The Morgan fingerprint density at radius 3 is 2.50 bits per heavy atom. The molecule has 2 heterocycles. The van der Waals surface area contributed by atoms with Gasteiger partial charge in [0.2, 0.25) is 0 Å². The molecule has 0 aliphatic carbocycles. The molecule has 34 heavy (non-hydrogen) atoms. The molecule has 2 aromatic heterocycles. The summed E-state index contributed by atoms with van der Waals surface area (Å²) in [6.07, 6.45) is 8.23. The van der Waals surface area contributed by atoms with Gasteiger partial charge in [-0.25, -0.2) is 4.98 Å². The quantitative estimate of drug-likeness (QED) is 0.314. The highest BCUT2D eigenvalue weighted by atomic mass is 35.5. The van der Waals surface area contributed by atoms with E-state index in [-0.39, 0.29) is 5.56 Å². The molecule has 4 nitrogen and oxygen atoms in total. The molecule has 0 saturated carbocycles. The highest BCUT2D eigenvalue weighted by molar-refractivity contribution is 6.30. The van der Waals surface area contributed by atoms with Gasteiger partial charge in [-0.05, 0) is 65.2 Å². The monoisotopic (exact) mass is 463 g/mol. The number of aromatic nitrogens is 3. The lowest BCUT2D eigenvalue weighted by Gasteiger charge is -2.13. The zero-order valence-corrected chi connectivity index (χ0v) is 19.7. The van der Waals surface area contributed by atoms with Gasteiger partial charge in [-0.1, -0.05) is 35.7 Å². The third-order valence-electron chi connectivity index (χ3n) is 6.22. The summed E-state index contributed by atoms with van der Waals surface area (Å²) in [7, 11) is 3.82. The Kier molecular flexibility index (Phi) is 5.57. The topological polar surface area (TPSA) is 39.8 Å². The summed E-state index contributed by atoms with van der Waals surface area (Å²) < 4.78 is 3.78. The van der Waals surface area contributed by atoms with Crippen LogP contribution in [0.15, 0.2) is 83.8 Å². The predicted molar refractivity (Wildman–Crippen MR) is 139 cm³/mol. The SMILES string of the molecule is C#Cc1cccc(-c2cc(=O)n(C)c3ccc(Cc4cnc(-c5ccc(Cl)cc5)n4C)cc23)c1. The number of rotatable bonds is 4. The molecule has 0 aliphatic rings.